The van der Waals surface area contributed by atoms with Gasteiger partial charge in [0.1, 0.15) is 0 Å². The molecule has 0 spiro atoms. The highest BCUT2D eigenvalue weighted by molar-refractivity contribution is 9.10. The third-order valence-corrected chi connectivity index (χ3v) is 5.57. The van der Waals surface area contributed by atoms with Gasteiger partial charge in [-0.05, 0) is 64.1 Å². The number of amides is 2. The van der Waals surface area contributed by atoms with Crippen LogP contribution in [0.1, 0.15) is 26.3 Å². The number of halogens is 1. The van der Waals surface area contributed by atoms with Crippen LogP contribution in [0.3, 0.4) is 0 Å². The van der Waals surface area contributed by atoms with Crippen molar-refractivity contribution in [1.82, 2.24) is 10.4 Å². The van der Waals surface area contributed by atoms with Crippen LogP contribution in [-0.4, -0.2) is 32.2 Å². The van der Waals surface area contributed by atoms with Crippen LogP contribution in [0.5, 0.6) is 0 Å². The van der Waals surface area contributed by atoms with E-state index in [1.54, 1.807) is 42.5 Å². The largest absolute Gasteiger partial charge is 0.478 e. The Morgan fingerprint density at radius 3 is 2.44 bits per heavy atom. The van der Waals surface area contributed by atoms with E-state index in [0.29, 0.717) is 20.5 Å². The molecule has 3 rings (SSSR count). The molecule has 2 aromatic carbocycles. The van der Waals surface area contributed by atoms with E-state index < -0.39 is 17.8 Å². The molecule has 2 N–H and O–H groups in total. The minimum Gasteiger partial charge on any atom is -0.478 e. The lowest BCUT2D eigenvalue weighted by Crippen LogP contribution is -2.44. The first-order chi connectivity index (χ1) is 12.9. The van der Waals surface area contributed by atoms with Gasteiger partial charge in [0.25, 0.3) is 11.8 Å². The maximum absolute atomic E-state index is 12.6. The van der Waals surface area contributed by atoms with Crippen LogP contribution >= 0.6 is 39.9 Å². The predicted octanol–water partition coefficient (Wildman–Crippen LogP) is 3.69. The van der Waals surface area contributed by atoms with Crippen LogP contribution in [-0.2, 0) is 4.79 Å². The zero-order valence-corrected chi connectivity index (χ0v) is 16.7. The Labute approximate surface area is 172 Å². The molecule has 27 heavy (non-hydrogen) atoms. The van der Waals surface area contributed by atoms with Crippen molar-refractivity contribution in [2.24, 2.45) is 0 Å². The van der Waals surface area contributed by atoms with Crippen LogP contribution in [0.15, 0.2) is 57.9 Å². The number of thioether (sulfide) groups is 1. The zero-order chi connectivity index (χ0) is 19.6. The lowest BCUT2D eigenvalue weighted by Gasteiger charge is -2.16. The number of hydrogen-bond acceptors (Lipinski definition) is 5. The van der Waals surface area contributed by atoms with Crippen molar-refractivity contribution >= 4 is 68.1 Å². The number of hydrazine groups is 1. The van der Waals surface area contributed by atoms with Gasteiger partial charge < -0.3 is 5.11 Å². The van der Waals surface area contributed by atoms with Crippen molar-refractivity contribution in [2.75, 3.05) is 0 Å². The number of carbonyl (C=O) groups is 3. The molecule has 0 aliphatic carbocycles. The van der Waals surface area contributed by atoms with Crippen LogP contribution < -0.4 is 5.43 Å². The fourth-order valence-electron chi connectivity index (χ4n) is 2.24. The number of hydrogen-bond donors (Lipinski definition) is 2. The summed E-state index contributed by atoms with van der Waals surface area (Å²) in [6, 6.07) is 12.9. The number of nitrogens with one attached hydrogen (secondary N) is 1. The Balaban J connectivity index is 1.77. The van der Waals surface area contributed by atoms with E-state index in [1.165, 1.54) is 12.1 Å². The van der Waals surface area contributed by atoms with Crippen molar-refractivity contribution in [1.29, 1.82) is 0 Å². The number of carboxylic acids is 1. The van der Waals surface area contributed by atoms with E-state index in [2.05, 4.69) is 21.4 Å². The molecule has 1 aliphatic rings. The van der Waals surface area contributed by atoms with Crippen LogP contribution in [0.4, 0.5) is 0 Å². The molecule has 2 aromatic rings. The summed E-state index contributed by atoms with van der Waals surface area (Å²) in [4.78, 5) is 36.2. The second-order valence-corrected chi connectivity index (χ2v) is 7.90. The number of thiocarbonyl (C=S) groups is 1. The van der Waals surface area contributed by atoms with Crippen molar-refractivity contribution < 1.29 is 19.5 Å². The van der Waals surface area contributed by atoms with E-state index in [1.807, 2.05) is 0 Å². The molecule has 0 unspecified atom stereocenters. The van der Waals surface area contributed by atoms with E-state index in [4.69, 9.17) is 17.3 Å². The van der Waals surface area contributed by atoms with Crippen molar-refractivity contribution in [3.63, 3.8) is 0 Å². The summed E-state index contributed by atoms with van der Waals surface area (Å²) in [6.45, 7) is 0. The molecular formula is C18H11BrN2O4S2. The van der Waals surface area contributed by atoms with E-state index in [0.717, 1.165) is 16.8 Å². The molecule has 0 atom stereocenters. The Morgan fingerprint density at radius 1 is 1.15 bits per heavy atom. The molecule has 0 radical (unpaired) electrons. The molecular weight excluding hydrogens is 452 g/mol. The van der Waals surface area contributed by atoms with E-state index in [-0.39, 0.29) is 9.88 Å². The van der Waals surface area contributed by atoms with Crippen molar-refractivity contribution in [3.8, 4) is 0 Å². The van der Waals surface area contributed by atoms with Crippen LogP contribution in [0.2, 0.25) is 0 Å². The van der Waals surface area contributed by atoms with Gasteiger partial charge in [-0.2, -0.15) is 5.01 Å². The fraction of sp³-hybridized carbons (Fsp3) is 0. The molecule has 0 aromatic heterocycles. The number of aromatic carboxylic acids is 1. The first kappa shape index (κ1) is 19.3. The van der Waals surface area contributed by atoms with Crippen molar-refractivity contribution in [3.05, 3.63) is 74.6 Å². The molecule has 1 heterocycles. The summed E-state index contributed by atoms with van der Waals surface area (Å²) >= 11 is 9.54. The van der Waals surface area contributed by atoms with Gasteiger partial charge in [0.05, 0.1) is 16.0 Å². The number of benzene rings is 2. The average Bonchev–Trinajstić information content (AvgIpc) is 2.90. The predicted molar refractivity (Wildman–Crippen MR) is 110 cm³/mol. The number of carbonyl (C=O) groups excluding carboxylic acids is 2. The van der Waals surface area contributed by atoms with Crippen molar-refractivity contribution in [2.45, 2.75) is 0 Å². The number of carboxylic acid groups (broad SMARTS) is 1. The summed E-state index contributed by atoms with van der Waals surface area (Å²) < 4.78 is 0.802. The molecule has 2 amide bonds. The number of rotatable bonds is 4. The summed E-state index contributed by atoms with van der Waals surface area (Å²) in [6.07, 6.45) is 1.59. The lowest BCUT2D eigenvalue weighted by atomic mass is 10.1. The maximum atomic E-state index is 12.6. The van der Waals surface area contributed by atoms with E-state index >= 15 is 0 Å². The molecule has 1 saturated heterocycles. The maximum Gasteiger partial charge on any atom is 0.335 e. The van der Waals surface area contributed by atoms with Crippen LogP contribution in [0.25, 0.3) is 6.08 Å². The number of nitrogens with zero attached hydrogens (tertiary/aromatic N) is 1. The highest BCUT2D eigenvalue weighted by Crippen LogP contribution is 2.31. The normalized spacial score (nSPS) is 15.3. The molecule has 6 nitrogen and oxygen atoms in total. The molecule has 136 valence electrons. The highest BCUT2D eigenvalue weighted by Gasteiger charge is 2.34. The van der Waals surface area contributed by atoms with Gasteiger partial charge in [-0.15, -0.1) is 0 Å². The smallest absolute Gasteiger partial charge is 0.335 e. The van der Waals surface area contributed by atoms with Gasteiger partial charge in [0, 0.05) is 4.47 Å². The first-order valence-corrected chi connectivity index (χ1v) is 9.55. The minimum atomic E-state index is -1.03. The van der Waals surface area contributed by atoms with Gasteiger partial charge >= 0.3 is 5.97 Å². The standard InChI is InChI=1S/C18H11BrN2O4S2/c19-13-4-2-1-3-12(13)15(22)20-21-16(23)14(27-18(21)26)9-10-5-7-11(8-6-10)17(24)25/h1-9H,(H,20,22)(H,24,25)/b14-9-. The Kier molecular flexibility index (Phi) is 5.73. The van der Waals surface area contributed by atoms with Gasteiger partial charge in [-0.1, -0.05) is 36.0 Å². The summed E-state index contributed by atoms with van der Waals surface area (Å²) in [5.41, 5.74) is 3.69. The zero-order valence-electron chi connectivity index (χ0n) is 13.5. The van der Waals surface area contributed by atoms with E-state index in [9.17, 15) is 14.4 Å². The molecule has 0 saturated carbocycles. The van der Waals surface area contributed by atoms with Gasteiger partial charge in [0.15, 0.2) is 4.32 Å². The average molecular weight is 463 g/mol. The SMILES string of the molecule is O=C(O)c1ccc(/C=C2\SC(=S)N(NC(=O)c3ccccc3Br)C2=O)cc1. The quantitative estimate of drug-likeness (QED) is 0.532. The Hall–Kier alpha value is -2.49. The summed E-state index contributed by atoms with van der Waals surface area (Å²) in [5.74, 6) is -1.94. The molecule has 9 heteroatoms. The first-order valence-electron chi connectivity index (χ1n) is 7.53. The third kappa shape index (κ3) is 4.26. The van der Waals surface area contributed by atoms with Gasteiger partial charge in [-0.3, -0.25) is 15.0 Å². The Morgan fingerprint density at radius 2 is 1.81 bits per heavy atom. The second kappa shape index (κ2) is 8.03. The molecule has 0 bridgehead atoms. The topological polar surface area (TPSA) is 86.7 Å². The second-order valence-electron chi connectivity index (χ2n) is 5.37. The molecule has 1 aliphatic heterocycles. The highest BCUT2D eigenvalue weighted by atomic mass is 79.9. The molecule has 1 fully saturated rings. The fourth-order valence-corrected chi connectivity index (χ4v) is 3.89. The monoisotopic (exact) mass is 462 g/mol. The Bertz CT molecular complexity index is 989. The van der Waals surface area contributed by atoms with Gasteiger partial charge in [-0.25, -0.2) is 4.79 Å². The lowest BCUT2D eigenvalue weighted by molar-refractivity contribution is -0.123. The summed E-state index contributed by atoms with van der Waals surface area (Å²) in [5, 5.41) is 9.95. The minimum absolute atomic E-state index is 0.153. The van der Waals surface area contributed by atoms with Gasteiger partial charge in [0.2, 0.25) is 0 Å². The third-order valence-electron chi connectivity index (χ3n) is 3.58. The summed E-state index contributed by atoms with van der Waals surface area (Å²) in [7, 11) is 0. The van der Waals surface area contributed by atoms with Crippen LogP contribution in [0, 0.1) is 0 Å².